The van der Waals surface area contributed by atoms with E-state index >= 15 is 0 Å². The third kappa shape index (κ3) is 7.01. The van der Waals surface area contributed by atoms with Gasteiger partial charge in [-0.1, -0.05) is 33.1 Å². The molecule has 0 heterocycles. The van der Waals surface area contributed by atoms with Crippen LogP contribution in [0.3, 0.4) is 0 Å². The Bertz CT molecular complexity index is 430. The van der Waals surface area contributed by atoms with E-state index in [2.05, 4.69) is 13.8 Å². The van der Waals surface area contributed by atoms with Crippen LogP contribution in [0.1, 0.15) is 46.0 Å². The molecule has 21 heavy (non-hydrogen) atoms. The first-order chi connectivity index (χ1) is 10.1. The predicted octanol–water partition coefficient (Wildman–Crippen LogP) is 5.27. The van der Waals surface area contributed by atoms with E-state index < -0.39 is 7.60 Å². The molecule has 0 aliphatic heterocycles. The van der Waals surface area contributed by atoms with Crippen molar-refractivity contribution >= 4 is 7.60 Å². The Morgan fingerprint density at radius 2 is 1.57 bits per heavy atom. The first-order valence-electron chi connectivity index (χ1n) is 7.70. The van der Waals surface area contributed by atoms with Gasteiger partial charge in [0.2, 0.25) is 0 Å². The molecule has 1 unspecified atom stereocenters. The second-order valence-electron chi connectivity index (χ2n) is 5.00. The number of benzene rings is 1. The molecule has 1 aromatic rings. The molecule has 0 saturated heterocycles. The molecule has 0 aliphatic rings. The quantitative estimate of drug-likeness (QED) is 0.412. The summed E-state index contributed by atoms with van der Waals surface area (Å²) in [5.74, 6) is 1.31. The van der Waals surface area contributed by atoms with Crippen LogP contribution in [-0.4, -0.2) is 19.9 Å². The highest BCUT2D eigenvalue weighted by Gasteiger charge is 2.25. The number of unbranched alkanes of at least 4 members (excludes halogenated alkanes) is 3. The summed E-state index contributed by atoms with van der Waals surface area (Å²) >= 11 is 0. The van der Waals surface area contributed by atoms with Gasteiger partial charge in [-0.25, -0.2) is 4.57 Å². The van der Waals surface area contributed by atoms with Crippen molar-refractivity contribution in [3.05, 3.63) is 24.3 Å². The Balaban J connectivity index is 2.63. The van der Waals surface area contributed by atoms with E-state index in [1.54, 1.807) is 31.4 Å². The minimum absolute atomic E-state index is 0.460. The minimum atomic E-state index is -3.06. The molecule has 4 nitrogen and oxygen atoms in total. The largest absolute Gasteiger partial charge is 0.497 e. The van der Waals surface area contributed by atoms with Crippen LogP contribution in [0.5, 0.6) is 11.5 Å². The van der Waals surface area contributed by atoms with Crippen molar-refractivity contribution in [1.82, 2.24) is 0 Å². The molecule has 1 rings (SSSR count). The molecular weight excluding hydrogens is 287 g/mol. The van der Waals surface area contributed by atoms with Crippen LogP contribution >= 0.6 is 7.60 Å². The number of ether oxygens (including phenoxy) is 1. The lowest BCUT2D eigenvalue weighted by Crippen LogP contribution is -2.04. The smallest absolute Gasteiger partial charge is 0.379 e. The molecule has 0 amide bonds. The van der Waals surface area contributed by atoms with Crippen molar-refractivity contribution < 1.29 is 18.3 Å². The lowest BCUT2D eigenvalue weighted by molar-refractivity contribution is 0.257. The lowest BCUT2D eigenvalue weighted by Gasteiger charge is -2.19. The van der Waals surface area contributed by atoms with Crippen molar-refractivity contribution in [3.63, 3.8) is 0 Å². The summed E-state index contributed by atoms with van der Waals surface area (Å²) in [4.78, 5) is 0. The van der Waals surface area contributed by atoms with Gasteiger partial charge >= 0.3 is 7.60 Å². The molecule has 0 spiro atoms. The van der Waals surface area contributed by atoms with E-state index in [1.807, 2.05) is 0 Å². The lowest BCUT2D eigenvalue weighted by atomic mass is 10.3. The first-order valence-corrected chi connectivity index (χ1v) is 9.43. The standard InChI is InChI=1S/C16H27O4P/c1-4-6-8-13-19-21(17,14-7-5-2)20-16-11-9-15(18-3)10-12-16/h9-12H,4-8,13-14H2,1-3H3. The Labute approximate surface area is 128 Å². The zero-order chi connectivity index (χ0) is 15.6. The summed E-state index contributed by atoms with van der Waals surface area (Å²) in [6.07, 6.45) is 5.37. The first kappa shape index (κ1) is 18.1. The molecular formula is C16H27O4P. The van der Waals surface area contributed by atoms with Crippen molar-refractivity contribution in [2.45, 2.75) is 46.0 Å². The van der Waals surface area contributed by atoms with Gasteiger partial charge in [-0.2, -0.15) is 0 Å². The Morgan fingerprint density at radius 1 is 0.952 bits per heavy atom. The predicted molar refractivity (Wildman–Crippen MR) is 86.5 cm³/mol. The topological polar surface area (TPSA) is 44.8 Å². The number of methoxy groups -OCH3 is 1. The van der Waals surface area contributed by atoms with Crippen LogP contribution < -0.4 is 9.26 Å². The number of rotatable bonds is 11. The van der Waals surface area contributed by atoms with Gasteiger partial charge in [0.15, 0.2) is 0 Å². The van der Waals surface area contributed by atoms with Crippen LogP contribution in [-0.2, 0) is 9.09 Å². The maximum Gasteiger partial charge on any atom is 0.379 e. The fourth-order valence-electron chi connectivity index (χ4n) is 1.84. The Kier molecular flexibility index (Phi) is 8.48. The molecule has 120 valence electrons. The van der Waals surface area contributed by atoms with Gasteiger partial charge in [-0.3, -0.25) is 4.52 Å². The average molecular weight is 314 g/mol. The molecule has 0 radical (unpaired) electrons. The molecule has 1 aromatic carbocycles. The van der Waals surface area contributed by atoms with Crippen molar-refractivity contribution in [2.24, 2.45) is 0 Å². The van der Waals surface area contributed by atoms with Crippen molar-refractivity contribution in [2.75, 3.05) is 19.9 Å². The zero-order valence-corrected chi connectivity index (χ0v) is 14.2. The fraction of sp³-hybridized carbons (Fsp3) is 0.625. The van der Waals surface area contributed by atoms with Gasteiger partial charge in [0, 0.05) is 0 Å². The van der Waals surface area contributed by atoms with Crippen LogP contribution in [0.2, 0.25) is 0 Å². The van der Waals surface area contributed by atoms with Gasteiger partial charge in [0.1, 0.15) is 11.5 Å². The third-order valence-corrected chi connectivity index (χ3v) is 5.05. The molecule has 0 bridgehead atoms. The summed E-state index contributed by atoms with van der Waals surface area (Å²) in [7, 11) is -1.45. The monoisotopic (exact) mass is 314 g/mol. The van der Waals surface area contributed by atoms with Crippen LogP contribution in [0, 0.1) is 0 Å². The van der Waals surface area contributed by atoms with E-state index in [-0.39, 0.29) is 0 Å². The van der Waals surface area contributed by atoms with E-state index in [1.165, 1.54) is 0 Å². The Hall–Kier alpha value is -0.990. The van der Waals surface area contributed by atoms with Crippen molar-refractivity contribution in [3.8, 4) is 11.5 Å². The second-order valence-corrected chi connectivity index (χ2v) is 7.11. The molecule has 0 N–H and O–H groups in total. The maximum absolute atomic E-state index is 12.8. The number of hydrogen-bond donors (Lipinski definition) is 0. The number of hydrogen-bond acceptors (Lipinski definition) is 4. The van der Waals surface area contributed by atoms with E-state index in [4.69, 9.17) is 13.8 Å². The highest BCUT2D eigenvalue weighted by Crippen LogP contribution is 2.49. The molecule has 1 atom stereocenters. The summed E-state index contributed by atoms with van der Waals surface area (Å²) in [5, 5.41) is 0. The Morgan fingerprint density at radius 3 is 2.14 bits per heavy atom. The zero-order valence-electron chi connectivity index (χ0n) is 13.3. The van der Waals surface area contributed by atoms with Gasteiger partial charge in [-0.05, 0) is 37.1 Å². The summed E-state index contributed by atoms with van der Waals surface area (Å²) in [5.41, 5.74) is 0. The average Bonchev–Trinajstić information content (AvgIpc) is 2.50. The normalized spacial score (nSPS) is 13.7. The minimum Gasteiger partial charge on any atom is -0.497 e. The van der Waals surface area contributed by atoms with Crippen LogP contribution in [0.4, 0.5) is 0 Å². The van der Waals surface area contributed by atoms with Crippen molar-refractivity contribution in [1.29, 1.82) is 0 Å². The van der Waals surface area contributed by atoms with Gasteiger partial charge in [-0.15, -0.1) is 0 Å². The molecule has 5 heteroatoms. The van der Waals surface area contributed by atoms with Gasteiger partial charge in [0.25, 0.3) is 0 Å². The highest BCUT2D eigenvalue weighted by molar-refractivity contribution is 7.54. The van der Waals surface area contributed by atoms with Gasteiger partial charge < -0.3 is 9.26 Å². The van der Waals surface area contributed by atoms with Gasteiger partial charge in [0.05, 0.1) is 19.9 Å². The summed E-state index contributed by atoms with van der Waals surface area (Å²) in [6, 6.07) is 7.09. The SMILES string of the molecule is CCCCCOP(=O)(CCCC)Oc1ccc(OC)cc1. The maximum atomic E-state index is 12.8. The van der Waals surface area contributed by atoms with E-state index in [0.29, 0.717) is 18.5 Å². The third-order valence-electron chi connectivity index (χ3n) is 3.13. The van der Waals surface area contributed by atoms with E-state index in [9.17, 15) is 4.57 Å². The molecule has 0 fully saturated rings. The fourth-order valence-corrected chi connectivity index (χ4v) is 3.67. The molecule has 0 saturated carbocycles. The molecule has 0 aliphatic carbocycles. The van der Waals surface area contributed by atoms with Crippen LogP contribution in [0.25, 0.3) is 0 Å². The van der Waals surface area contributed by atoms with Crippen LogP contribution in [0.15, 0.2) is 24.3 Å². The molecule has 0 aromatic heterocycles. The summed E-state index contributed by atoms with van der Waals surface area (Å²) in [6.45, 7) is 4.68. The van der Waals surface area contributed by atoms with E-state index in [0.717, 1.165) is 37.9 Å². The summed E-state index contributed by atoms with van der Waals surface area (Å²) < 4.78 is 29.1. The highest BCUT2D eigenvalue weighted by atomic mass is 31.2. The second kappa shape index (κ2) is 9.86.